The minimum absolute atomic E-state index is 0.719. The van der Waals surface area contributed by atoms with Gasteiger partial charge in [-0.2, -0.15) is 0 Å². The Morgan fingerprint density at radius 3 is 2.67 bits per heavy atom. The Morgan fingerprint density at radius 1 is 1.05 bits per heavy atom. The molecule has 21 heavy (non-hydrogen) atoms. The molecule has 3 nitrogen and oxygen atoms in total. The smallest absolute Gasteiger partial charge is 0.137 e. The topological polar surface area (TPSA) is 41.8 Å². The van der Waals surface area contributed by atoms with Gasteiger partial charge in [0.25, 0.3) is 0 Å². The zero-order valence-corrected chi connectivity index (χ0v) is 11.8. The van der Waals surface area contributed by atoms with Crippen molar-refractivity contribution in [3.8, 4) is 22.6 Å². The van der Waals surface area contributed by atoms with Crippen LogP contribution in [0, 0.1) is 0 Å². The summed E-state index contributed by atoms with van der Waals surface area (Å²) < 4.78 is 5.48. The number of benzene rings is 1. The molecule has 3 heterocycles. The van der Waals surface area contributed by atoms with Gasteiger partial charge in [0.05, 0.1) is 23.0 Å². The number of nitrogens with one attached hydrogen (secondary N) is 1. The van der Waals surface area contributed by atoms with Gasteiger partial charge in [0.15, 0.2) is 0 Å². The molecule has 0 aliphatic carbocycles. The maximum Gasteiger partial charge on any atom is 0.137 e. The van der Waals surface area contributed by atoms with E-state index >= 15 is 0 Å². The summed E-state index contributed by atoms with van der Waals surface area (Å²) in [4.78, 5) is 7.88. The highest BCUT2D eigenvalue weighted by molar-refractivity contribution is 6.30. The van der Waals surface area contributed by atoms with E-state index in [1.54, 1.807) is 6.26 Å². The largest absolute Gasteiger partial charge is 0.464 e. The summed E-state index contributed by atoms with van der Waals surface area (Å²) in [5, 5.41) is 1.78. The minimum atomic E-state index is 0.719. The van der Waals surface area contributed by atoms with Gasteiger partial charge < -0.3 is 9.40 Å². The number of hydrogen-bond acceptors (Lipinski definition) is 2. The maximum atomic E-state index is 5.95. The standard InChI is InChI=1S/C17H11ClN2O/c18-12-5-3-11(4-6-12)16-13-7-8-19-17(13)14(10-20-16)15-2-1-9-21-15/h1-10,19H. The molecule has 0 fully saturated rings. The molecular weight excluding hydrogens is 284 g/mol. The summed E-state index contributed by atoms with van der Waals surface area (Å²) in [5.74, 6) is 0.803. The van der Waals surface area contributed by atoms with Crippen molar-refractivity contribution >= 4 is 22.5 Å². The normalized spacial score (nSPS) is 11.1. The first-order valence-corrected chi connectivity index (χ1v) is 6.96. The summed E-state index contributed by atoms with van der Waals surface area (Å²) in [6.07, 6.45) is 5.41. The monoisotopic (exact) mass is 294 g/mol. The van der Waals surface area contributed by atoms with E-state index in [1.807, 2.05) is 54.9 Å². The molecule has 0 saturated carbocycles. The van der Waals surface area contributed by atoms with Crippen LogP contribution in [0.3, 0.4) is 0 Å². The van der Waals surface area contributed by atoms with Crippen LogP contribution in [0.25, 0.3) is 33.5 Å². The van der Waals surface area contributed by atoms with Gasteiger partial charge in [-0.1, -0.05) is 23.7 Å². The SMILES string of the molecule is Clc1ccc(-c2ncc(-c3ccco3)c3[nH]ccc23)cc1. The van der Waals surface area contributed by atoms with E-state index in [2.05, 4.69) is 9.97 Å². The number of hydrogen-bond donors (Lipinski definition) is 1. The highest BCUT2D eigenvalue weighted by atomic mass is 35.5. The highest BCUT2D eigenvalue weighted by Crippen LogP contribution is 2.33. The van der Waals surface area contributed by atoms with Crippen LogP contribution in [-0.4, -0.2) is 9.97 Å². The molecule has 1 aromatic carbocycles. The number of aromatic nitrogens is 2. The number of furan rings is 1. The number of aromatic amines is 1. The number of H-pyrrole nitrogens is 1. The summed E-state index contributed by atoms with van der Waals surface area (Å²) in [5.41, 5.74) is 3.94. The Bertz CT molecular complexity index is 892. The van der Waals surface area contributed by atoms with Gasteiger partial charge in [0.2, 0.25) is 0 Å². The van der Waals surface area contributed by atoms with Crippen LogP contribution in [0.5, 0.6) is 0 Å². The highest BCUT2D eigenvalue weighted by Gasteiger charge is 2.13. The van der Waals surface area contributed by atoms with Gasteiger partial charge >= 0.3 is 0 Å². The van der Waals surface area contributed by atoms with Gasteiger partial charge in [-0.15, -0.1) is 0 Å². The van der Waals surface area contributed by atoms with Crippen molar-refractivity contribution in [2.45, 2.75) is 0 Å². The molecule has 0 saturated heterocycles. The van der Waals surface area contributed by atoms with Crippen molar-refractivity contribution in [3.63, 3.8) is 0 Å². The molecular formula is C17H11ClN2O. The van der Waals surface area contributed by atoms with Crippen LogP contribution in [0.15, 0.2) is 65.5 Å². The molecule has 4 rings (SSSR count). The van der Waals surface area contributed by atoms with Crippen LogP contribution in [0.4, 0.5) is 0 Å². The molecule has 0 aliphatic rings. The molecule has 0 unspecified atom stereocenters. The summed E-state index contributed by atoms with van der Waals surface area (Å²) in [6, 6.07) is 13.5. The van der Waals surface area contributed by atoms with E-state index in [0.717, 1.165) is 38.5 Å². The third-order valence-electron chi connectivity index (χ3n) is 3.50. The number of rotatable bonds is 2. The van der Waals surface area contributed by atoms with Crippen LogP contribution < -0.4 is 0 Å². The van der Waals surface area contributed by atoms with Crippen LogP contribution >= 0.6 is 11.6 Å². The van der Waals surface area contributed by atoms with Gasteiger partial charge in [-0.05, 0) is 30.3 Å². The van der Waals surface area contributed by atoms with E-state index in [9.17, 15) is 0 Å². The Balaban J connectivity index is 1.95. The molecule has 0 bridgehead atoms. The van der Waals surface area contributed by atoms with Crippen molar-refractivity contribution in [2.75, 3.05) is 0 Å². The summed E-state index contributed by atoms with van der Waals surface area (Å²) in [6.45, 7) is 0. The first-order chi connectivity index (χ1) is 10.3. The fraction of sp³-hybridized carbons (Fsp3) is 0. The third-order valence-corrected chi connectivity index (χ3v) is 3.75. The molecule has 1 N–H and O–H groups in total. The fourth-order valence-corrected chi connectivity index (χ4v) is 2.64. The lowest BCUT2D eigenvalue weighted by molar-refractivity contribution is 0.582. The number of pyridine rings is 1. The van der Waals surface area contributed by atoms with E-state index < -0.39 is 0 Å². The average Bonchev–Trinajstić information content (AvgIpc) is 3.19. The van der Waals surface area contributed by atoms with Crippen molar-refractivity contribution in [2.24, 2.45) is 0 Å². The van der Waals surface area contributed by atoms with Gasteiger partial charge in [-0.25, -0.2) is 0 Å². The Hall–Kier alpha value is -2.52. The van der Waals surface area contributed by atoms with Crippen LogP contribution in [-0.2, 0) is 0 Å². The predicted molar refractivity (Wildman–Crippen MR) is 84.2 cm³/mol. The van der Waals surface area contributed by atoms with E-state index in [4.69, 9.17) is 16.0 Å². The number of fused-ring (bicyclic) bond motifs is 1. The van der Waals surface area contributed by atoms with Crippen molar-refractivity contribution in [1.29, 1.82) is 0 Å². The number of nitrogens with zero attached hydrogens (tertiary/aromatic N) is 1. The molecule has 0 radical (unpaired) electrons. The summed E-state index contributed by atoms with van der Waals surface area (Å²) in [7, 11) is 0. The lowest BCUT2D eigenvalue weighted by Crippen LogP contribution is -1.87. The molecule has 0 atom stereocenters. The molecule has 3 aromatic heterocycles. The van der Waals surface area contributed by atoms with E-state index in [-0.39, 0.29) is 0 Å². The Kier molecular flexibility index (Phi) is 2.79. The zero-order chi connectivity index (χ0) is 14.2. The molecule has 0 aliphatic heterocycles. The third kappa shape index (κ3) is 2.03. The van der Waals surface area contributed by atoms with Crippen molar-refractivity contribution in [3.05, 3.63) is 66.1 Å². The second kappa shape index (κ2) is 4.79. The zero-order valence-electron chi connectivity index (χ0n) is 11.0. The second-order valence-corrected chi connectivity index (χ2v) is 5.21. The second-order valence-electron chi connectivity index (χ2n) is 4.77. The minimum Gasteiger partial charge on any atom is -0.464 e. The van der Waals surface area contributed by atoms with Crippen LogP contribution in [0.2, 0.25) is 5.02 Å². The first kappa shape index (κ1) is 12.2. The van der Waals surface area contributed by atoms with E-state index in [0.29, 0.717) is 0 Å². The fourth-order valence-electron chi connectivity index (χ4n) is 2.51. The molecule has 4 aromatic rings. The van der Waals surface area contributed by atoms with Gasteiger partial charge in [0, 0.05) is 28.4 Å². The summed E-state index contributed by atoms with van der Waals surface area (Å²) >= 11 is 5.95. The molecule has 4 heteroatoms. The molecule has 102 valence electrons. The Morgan fingerprint density at radius 2 is 1.90 bits per heavy atom. The average molecular weight is 295 g/mol. The lowest BCUT2D eigenvalue weighted by Gasteiger charge is -2.06. The van der Waals surface area contributed by atoms with E-state index in [1.165, 1.54) is 0 Å². The molecule has 0 amide bonds. The van der Waals surface area contributed by atoms with Crippen molar-refractivity contribution in [1.82, 2.24) is 9.97 Å². The lowest BCUT2D eigenvalue weighted by atomic mass is 10.1. The quantitative estimate of drug-likeness (QED) is 0.556. The molecule has 0 spiro atoms. The number of halogens is 1. The van der Waals surface area contributed by atoms with Crippen molar-refractivity contribution < 1.29 is 4.42 Å². The predicted octanol–water partition coefficient (Wildman–Crippen LogP) is 5.14. The maximum absolute atomic E-state index is 5.95. The van der Waals surface area contributed by atoms with Gasteiger partial charge in [-0.3, -0.25) is 4.98 Å². The first-order valence-electron chi connectivity index (χ1n) is 6.59. The van der Waals surface area contributed by atoms with Gasteiger partial charge in [0.1, 0.15) is 5.76 Å². The van der Waals surface area contributed by atoms with Crippen LogP contribution in [0.1, 0.15) is 0 Å². The Labute approximate surface area is 126 Å².